The molecule has 1 aliphatic rings. The fraction of sp³-hybridized carbons (Fsp3) is 0.619. The molecule has 0 saturated carbocycles. The number of ether oxygens (including phenoxy) is 1. The molecule has 1 aliphatic heterocycles. The first-order chi connectivity index (χ1) is 13.9. The molecule has 1 amide bonds. The Labute approximate surface area is 172 Å². The first-order valence-electron chi connectivity index (χ1n) is 10.3. The summed E-state index contributed by atoms with van der Waals surface area (Å²) in [7, 11) is 1.60. The Kier molecular flexibility index (Phi) is 6.71. The summed E-state index contributed by atoms with van der Waals surface area (Å²) in [4.78, 5) is 25.5. The van der Waals surface area contributed by atoms with Crippen LogP contribution in [0.25, 0.3) is 0 Å². The Morgan fingerprint density at radius 2 is 1.93 bits per heavy atom. The van der Waals surface area contributed by atoms with Gasteiger partial charge >= 0.3 is 0 Å². The lowest BCUT2D eigenvalue weighted by atomic mass is 10.1. The largest absolute Gasteiger partial charge is 0.481 e. The van der Waals surface area contributed by atoms with E-state index in [9.17, 15) is 4.79 Å². The van der Waals surface area contributed by atoms with Crippen molar-refractivity contribution >= 4 is 11.9 Å². The number of aryl methyl sites for hydroxylation is 1. The average Bonchev–Trinajstić information content (AvgIpc) is 2.98. The lowest BCUT2D eigenvalue weighted by molar-refractivity contribution is -0.131. The van der Waals surface area contributed by atoms with Crippen LogP contribution in [-0.4, -0.2) is 63.8 Å². The Morgan fingerprint density at radius 1 is 1.21 bits per heavy atom. The number of nitrogens with zero attached hydrogens (tertiary/aromatic N) is 6. The third-order valence-corrected chi connectivity index (χ3v) is 5.40. The Hall–Kier alpha value is -2.64. The van der Waals surface area contributed by atoms with Gasteiger partial charge in [0, 0.05) is 57.1 Å². The second kappa shape index (κ2) is 9.24. The minimum atomic E-state index is 0.201. The monoisotopic (exact) mass is 400 g/mol. The SMILES string of the molecule is COc1ccnc(N2CCN(C(=O)CCc3c(C)nn(CC(C)C)c3C)CC2)n1. The molecular formula is C21H32N6O2. The van der Waals surface area contributed by atoms with Crippen LogP contribution < -0.4 is 9.64 Å². The number of rotatable bonds is 7. The van der Waals surface area contributed by atoms with Gasteiger partial charge in [0.15, 0.2) is 0 Å². The Balaban J connectivity index is 1.53. The summed E-state index contributed by atoms with van der Waals surface area (Å²) in [5.41, 5.74) is 3.43. The molecule has 1 fully saturated rings. The van der Waals surface area contributed by atoms with Crippen LogP contribution in [0.5, 0.6) is 5.88 Å². The van der Waals surface area contributed by atoms with Crippen molar-refractivity contribution in [2.45, 2.75) is 47.1 Å². The highest BCUT2D eigenvalue weighted by Gasteiger charge is 2.23. The van der Waals surface area contributed by atoms with Gasteiger partial charge in [0.25, 0.3) is 0 Å². The van der Waals surface area contributed by atoms with Crippen molar-refractivity contribution < 1.29 is 9.53 Å². The number of amides is 1. The standard InChI is InChI=1S/C21H32N6O2/c1-15(2)14-27-17(4)18(16(3)24-27)6-7-20(28)25-10-12-26(13-11-25)21-22-9-8-19(23-21)29-5/h8-9,15H,6-7,10-14H2,1-5H3. The number of piperazine rings is 1. The van der Waals surface area contributed by atoms with Crippen molar-refractivity contribution in [3.8, 4) is 5.88 Å². The first-order valence-corrected chi connectivity index (χ1v) is 10.3. The molecular weight excluding hydrogens is 368 g/mol. The topological polar surface area (TPSA) is 76.4 Å². The Bertz CT molecular complexity index is 840. The molecule has 0 bridgehead atoms. The molecule has 0 spiro atoms. The number of aromatic nitrogens is 4. The molecule has 3 rings (SSSR count). The van der Waals surface area contributed by atoms with Crippen molar-refractivity contribution in [2.24, 2.45) is 5.92 Å². The fourth-order valence-electron chi connectivity index (χ4n) is 3.76. The number of carbonyl (C=O) groups is 1. The van der Waals surface area contributed by atoms with E-state index in [1.807, 2.05) is 11.8 Å². The molecule has 2 aromatic heterocycles. The molecule has 0 aromatic carbocycles. The summed E-state index contributed by atoms with van der Waals surface area (Å²) < 4.78 is 7.25. The minimum Gasteiger partial charge on any atom is -0.481 e. The van der Waals surface area contributed by atoms with Crippen LogP contribution >= 0.6 is 0 Å². The van der Waals surface area contributed by atoms with Gasteiger partial charge in [-0.1, -0.05) is 13.8 Å². The van der Waals surface area contributed by atoms with Crippen LogP contribution in [0.4, 0.5) is 5.95 Å². The van der Waals surface area contributed by atoms with E-state index in [0.29, 0.717) is 37.3 Å². The molecule has 2 aromatic rings. The maximum atomic E-state index is 12.8. The van der Waals surface area contributed by atoms with E-state index in [-0.39, 0.29) is 5.91 Å². The summed E-state index contributed by atoms with van der Waals surface area (Å²) >= 11 is 0. The average molecular weight is 401 g/mol. The van der Waals surface area contributed by atoms with E-state index in [1.165, 1.54) is 11.3 Å². The molecule has 158 valence electrons. The highest BCUT2D eigenvalue weighted by Crippen LogP contribution is 2.18. The van der Waals surface area contributed by atoms with Gasteiger partial charge in [0.2, 0.25) is 17.7 Å². The van der Waals surface area contributed by atoms with Gasteiger partial charge in [0.05, 0.1) is 12.8 Å². The smallest absolute Gasteiger partial charge is 0.228 e. The number of methoxy groups -OCH3 is 1. The highest BCUT2D eigenvalue weighted by molar-refractivity contribution is 5.76. The van der Waals surface area contributed by atoms with E-state index >= 15 is 0 Å². The molecule has 8 heteroatoms. The number of carbonyl (C=O) groups excluding carboxylic acids is 1. The van der Waals surface area contributed by atoms with Gasteiger partial charge in [-0.15, -0.1) is 0 Å². The second-order valence-electron chi connectivity index (χ2n) is 7.99. The molecule has 0 radical (unpaired) electrons. The third kappa shape index (κ3) is 5.05. The summed E-state index contributed by atoms with van der Waals surface area (Å²) in [5.74, 6) is 1.96. The zero-order chi connectivity index (χ0) is 21.0. The lowest BCUT2D eigenvalue weighted by Gasteiger charge is -2.34. The third-order valence-electron chi connectivity index (χ3n) is 5.40. The van der Waals surface area contributed by atoms with Gasteiger partial charge in [0.1, 0.15) is 0 Å². The van der Waals surface area contributed by atoms with Crippen molar-refractivity contribution in [1.29, 1.82) is 0 Å². The van der Waals surface area contributed by atoms with Gasteiger partial charge in [-0.2, -0.15) is 10.1 Å². The van der Waals surface area contributed by atoms with Crippen LogP contribution in [0.2, 0.25) is 0 Å². The lowest BCUT2D eigenvalue weighted by Crippen LogP contribution is -2.49. The molecule has 0 atom stereocenters. The summed E-state index contributed by atoms with van der Waals surface area (Å²) in [6.07, 6.45) is 2.96. The van der Waals surface area contributed by atoms with Crippen LogP contribution in [0.15, 0.2) is 12.3 Å². The van der Waals surface area contributed by atoms with Crippen LogP contribution in [0.3, 0.4) is 0 Å². The highest BCUT2D eigenvalue weighted by atomic mass is 16.5. The van der Waals surface area contributed by atoms with Crippen LogP contribution in [0, 0.1) is 19.8 Å². The fourth-order valence-corrected chi connectivity index (χ4v) is 3.76. The van der Waals surface area contributed by atoms with Gasteiger partial charge in [-0.25, -0.2) is 4.98 Å². The molecule has 8 nitrogen and oxygen atoms in total. The maximum absolute atomic E-state index is 12.8. The zero-order valence-corrected chi connectivity index (χ0v) is 18.2. The van der Waals surface area contributed by atoms with E-state index in [4.69, 9.17) is 4.74 Å². The number of hydrogen-bond acceptors (Lipinski definition) is 6. The predicted molar refractivity (Wildman–Crippen MR) is 112 cm³/mol. The molecule has 29 heavy (non-hydrogen) atoms. The van der Waals surface area contributed by atoms with Gasteiger partial charge in [-0.3, -0.25) is 9.48 Å². The van der Waals surface area contributed by atoms with Gasteiger partial charge < -0.3 is 14.5 Å². The zero-order valence-electron chi connectivity index (χ0n) is 18.2. The molecule has 0 N–H and O–H groups in total. The minimum absolute atomic E-state index is 0.201. The van der Waals surface area contributed by atoms with Crippen molar-refractivity contribution in [3.63, 3.8) is 0 Å². The van der Waals surface area contributed by atoms with Crippen molar-refractivity contribution in [1.82, 2.24) is 24.6 Å². The number of hydrogen-bond donors (Lipinski definition) is 0. The molecule has 0 unspecified atom stereocenters. The van der Waals surface area contributed by atoms with E-state index in [0.717, 1.165) is 31.7 Å². The quantitative estimate of drug-likeness (QED) is 0.709. The van der Waals surface area contributed by atoms with Gasteiger partial charge in [-0.05, 0) is 31.7 Å². The summed E-state index contributed by atoms with van der Waals surface area (Å²) in [5, 5.41) is 4.66. The van der Waals surface area contributed by atoms with E-state index in [1.54, 1.807) is 19.4 Å². The predicted octanol–water partition coefficient (Wildman–Crippen LogP) is 2.24. The van der Waals surface area contributed by atoms with Crippen molar-refractivity contribution in [3.05, 3.63) is 29.2 Å². The summed E-state index contributed by atoms with van der Waals surface area (Å²) in [6, 6.07) is 1.73. The normalized spacial score (nSPS) is 14.6. The van der Waals surface area contributed by atoms with E-state index < -0.39 is 0 Å². The van der Waals surface area contributed by atoms with Crippen LogP contribution in [0.1, 0.15) is 37.2 Å². The van der Waals surface area contributed by atoms with Crippen molar-refractivity contribution in [2.75, 3.05) is 38.2 Å². The van der Waals surface area contributed by atoms with Crippen LogP contribution in [-0.2, 0) is 17.8 Å². The molecule has 3 heterocycles. The molecule has 1 saturated heterocycles. The Morgan fingerprint density at radius 3 is 2.59 bits per heavy atom. The van der Waals surface area contributed by atoms with E-state index in [2.05, 4.69) is 45.4 Å². The summed E-state index contributed by atoms with van der Waals surface area (Å²) in [6.45, 7) is 12.3. The number of anilines is 1. The maximum Gasteiger partial charge on any atom is 0.228 e. The molecule has 0 aliphatic carbocycles. The second-order valence-corrected chi connectivity index (χ2v) is 7.99. The first kappa shape index (κ1) is 21.1.